The molecule has 0 aliphatic carbocycles. The van der Waals surface area contributed by atoms with Gasteiger partial charge in [-0.1, -0.05) is 0 Å². The average molecular weight is 258 g/mol. The van der Waals surface area contributed by atoms with E-state index >= 15 is 0 Å². The first-order chi connectivity index (χ1) is 3.79. The molecular weight excluding hydrogens is 253 g/mol. The number of hydrogen-bond acceptors (Lipinski definition) is 0. The van der Waals surface area contributed by atoms with Crippen molar-refractivity contribution in [3.05, 3.63) is 29.3 Å². The Labute approximate surface area is 80.0 Å². The number of hydrogen-bond donors (Lipinski definition) is 0. The van der Waals surface area contributed by atoms with Gasteiger partial charge in [0.1, 0.15) is 0 Å². The third kappa shape index (κ3) is 3.34. The first-order valence-electron chi connectivity index (χ1n) is 2.36. The van der Waals surface area contributed by atoms with Gasteiger partial charge in [0.05, 0.1) is 0 Å². The van der Waals surface area contributed by atoms with Crippen molar-refractivity contribution in [1.82, 2.24) is 0 Å². The van der Waals surface area contributed by atoms with Crippen molar-refractivity contribution < 1.29 is 18.3 Å². The average Bonchev–Trinajstić information content (AvgIpc) is 1.64. The minimum absolute atomic E-state index is 0. The molecule has 0 unspecified atom stereocenters. The molecule has 1 aromatic rings. The van der Waals surface area contributed by atoms with Gasteiger partial charge in [0.25, 0.3) is 0 Å². The molecule has 0 amide bonds. The molecule has 1 aromatic carbocycles. The van der Waals surface area contributed by atoms with Crippen LogP contribution in [0.25, 0.3) is 0 Å². The van der Waals surface area contributed by atoms with Gasteiger partial charge in [0.15, 0.2) is 0 Å². The van der Waals surface area contributed by atoms with E-state index < -0.39 is 0 Å². The molecule has 1 rings (SSSR count). The van der Waals surface area contributed by atoms with Gasteiger partial charge in [-0.25, -0.2) is 0 Å². The summed E-state index contributed by atoms with van der Waals surface area (Å²) in [5, 5.41) is 0.841. The van der Waals surface area contributed by atoms with Crippen LogP contribution in [0.1, 0.15) is 0 Å². The molecule has 0 bridgehead atoms. The van der Waals surface area contributed by atoms with Gasteiger partial charge in [-0.3, -0.25) is 0 Å². The Morgan fingerprint density at radius 2 is 2.00 bits per heavy atom. The van der Waals surface area contributed by atoms with Gasteiger partial charge in [0, 0.05) is 0 Å². The molecule has 45 valence electrons. The Kier molecular flexibility index (Phi) is 4.73. The van der Waals surface area contributed by atoms with E-state index in [-0.39, 0.29) is 17.0 Å². The topological polar surface area (TPSA) is 0 Å². The molecule has 0 spiro atoms. The molecule has 9 heavy (non-hydrogen) atoms. The monoisotopic (exact) mass is 255 g/mol. The molecule has 0 atom stereocenters. The van der Waals surface area contributed by atoms with Crippen molar-refractivity contribution in [2.75, 3.05) is 0 Å². The second-order valence-electron chi connectivity index (χ2n) is 1.63. The van der Waals surface area contributed by atoms with E-state index in [0.29, 0.717) is 0 Å². The third-order valence-corrected chi connectivity index (χ3v) is 2.05. The Hall–Kier alpha value is 0.613. The zero-order valence-electron chi connectivity index (χ0n) is 4.80. The summed E-state index contributed by atoms with van der Waals surface area (Å²) in [4.78, 5) is 0. The van der Waals surface area contributed by atoms with Gasteiger partial charge in [0.2, 0.25) is 0 Å². The summed E-state index contributed by atoms with van der Waals surface area (Å²) in [5.74, 6) is 0. The van der Waals surface area contributed by atoms with Crippen LogP contribution in [0.3, 0.4) is 0 Å². The van der Waals surface area contributed by atoms with E-state index in [4.69, 9.17) is 11.6 Å². The molecule has 0 aliphatic heterocycles. The van der Waals surface area contributed by atoms with Crippen molar-refractivity contribution in [3.63, 3.8) is 0 Å². The Morgan fingerprint density at radius 3 is 2.33 bits per heavy atom. The molecule has 0 radical (unpaired) electrons. The summed E-state index contributed by atoms with van der Waals surface area (Å²) in [5.41, 5.74) is 0. The van der Waals surface area contributed by atoms with Crippen molar-refractivity contribution >= 4 is 32.7 Å². The number of rotatable bonds is 0. The Morgan fingerprint density at radius 1 is 1.33 bits per heavy atom. The Balaban J connectivity index is 0.000000640. The van der Waals surface area contributed by atoms with Crippen molar-refractivity contribution in [3.8, 4) is 0 Å². The summed E-state index contributed by atoms with van der Waals surface area (Å²) in [6.45, 7) is 0. The summed E-state index contributed by atoms with van der Waals surface area (Å²) >= 11 is 6.85. The number of halogens is 2. The molecule has 0 aliphatic rings. The molecule has 0 heterocycles. The van der Waals surface area contributed by atoms with Crippen LogP contribution in [0.5, 0.6) is 0 Å². The molecule has 0 fully saturated rings. The van der Waals surface area contributed by atoms with E-state index in [0.717, 1.165) is 5.02 Å². The predicted molar refractivity (Wildman–Crippen MR) is 41.4 cm³/mol. The Bertz CT molecular complexity index is 173. The number of benzene rings is 1. The summed E-state index contributed by atoms with van der Waals surface area (Å²) in [7, 11) is 0. The van der Waals surface area contributed by atoms with Crippen LogP contribution in [0.4, 0.5) is 0 Å². The molecule has 0 nitrogen and oxygen atoms in total. The third-order valence-electron chi connectivity index (χ3n) is 0.889. The minimum atomic E-state index is 0. The van der Waals surface area contributed by atoms with Crippen LogP contribution in [-0.2, 0) is 18.3 Å². The maximum absolute atomic E-state index is 5.66. The zero-order chi connectivity index (χ0) is 5.98. The standard InChI is InChI=1S/C6H4Cl.BrH.Zn/c7-6-4-2-1-3-5-6;;/h1-2,4-5H;1H;. The molecule has 0 saturated heterocycles. The molecule has 0 saturated carbocycles. The van der Waals surface area contributed by atoms with Crippen LogP contribution >= 0.6 is 28.6 Å². The van der Waals surface area contributed by atoms with E-state index in [1.807, 2.05) is 18.2 Å². The van der Waals surface area contributed by atoms with E-state index in [2.05, 4.69) is 6.07 Å². The fourth-order valence-corrected chi connectivity index (χ4v) is 1.77. The SMILES string of the molecule is Br.Clc1ccc[c]([Zn])c1. The molecule has 0 N–H and O–H groups in total. The molecule has 0 aromatic heterocycles. The second-order valence-corrected chi connectivity index (χ2v) is 3.78. The van der Waals surface area contributed by atoms with Crippen LogP contribution < -0.4 is 4.16 Å². The fourth-order valence-electron chi connectivity index (χ4n) is 0.537. The van der Waals surface area contributed by atoms with Crippen LogP contribution in [0.2, 0.25) is 5.02 Å². The summed E-state index contributed by atoms with van der Waals surface area (Å²) < 4.78 is 1.33. The predicted octanol–water partition coefficient (Wildman–Crippen LogP) is 2.09. The van der Waals surface area contributed by atoms with Crippen molar-refractivity contribution in [2.24, 2.45) is 0 Å². The van der Waals surface area contributed by atoms with E-state index in [1.165, 1.54) is 22.5 Å². The van der Waals surface area contributed by atoms with Gasteiger partial charge in [-0.05, 0) is 0 Å². The second kappa shape index (κ2) is 4.43. The van der Waals surface area contributed by atoms with Gasteiger partial charge in [-0.2, -0.15) is 0 Å². The summed E-state index contributed by atoms with van der Waals surface area (Å²) in [6.07, 6.45) is 0. The quantitative estimate of drug-likeness (QED) is 0.625. The van der Waals surface area contributed by atoms with Crippen molar-refractivity contribution in [1.29, 1.82) is 0 Å². The van der Waals surface area contributed by atoms with Crippen molar-refractivity contribution in [2.45, 2.75) is 0 Å². The molecular formula is C6H5BrClZn. The normalized spacial score (nSPS) is 8.33. The van der Waals surface area contributed by atoms with Gasteiger partial charge in [-0.15, -0.1) is 17.0 Å². The van der Waals surface area contributed by atoms with Gasteiger partial charge < -0.3 is 0 Å². The first-order valence-corrected chi connectivity index (χ1v) is 4.23. The molecule has 3 heteroatoms. The van der Waals surface area contributed by atoms with E-state index in [1.54, 1.807) is 0 Å². The van der Waals surface area contributed by atoms with Crippen LogP contribution in [-0.4, -0.2) is 0 Å². The fraction of sp³-hybridized carbons (Fsp3) is 0. The zero-order valence-corrected chi connectivity index (χ0v) is 10.2. The van der Waals surface area contributed by atoms with E-state index in [9.17, 15) is 0 Å². The van der Waals surface area contributed by atoms with Crippen LogP contribution in [0.15, 0.2) is 24.3 Å². The first kappa shape index (κ1) is 9.61. The van der Waals surface area contributed by atoms with Gasteiger partial charge >= 0.3 is 63.3 Å². The van der Waals surface area contributed by atoms with Crippen LogP contribution in [0, 0.1) is 0 Å². The summed E-state index contributed by atoms with van der Waals surface area (Å²) in [6, 6.07) is 7.93. The maximum atomic E-state index is 5.66.